The van der Waals surface area contributed by atoms with E-state index in [0.717, 1.165) is 22.5 Å². The Labute approximate surface area is 109 Å². The fourth-order valence-electron chi connectivity index (χ4n) is 2.00. The van der Waals surface area contributed by atoms with Crippen molar-refractivity contribution in [2.45, 2.75) is 17.4 Å². The third kappa shape index (κ3) is 2.44. The molecule has 0 saturated carbocycles. The Morgan fingerprint density at radius 1 is 1.47 bits per heavy atom. The molecule has 104 valence electrons. The molecule has 1 atom stereocenters. The van der Waals surface area contributed by atoms with Gasteiger partial charge in [-0.1, -0.05) is 6.07 Å². The van der Waals surface area contributed by atoms with E-state index in [2.05, 4.69) is 0 Å². The molecule has 0 spiro atoms. The summed E-state index contributed by atoms with van der Waals surface area (Å²) in [6.07, 6.45) is 0.446. The second-order valence-corrected chi connectivity index (χ2v) is 6.13. The maximum Gasteiger partial charge on any atom is 0.292 e. The lowest BCUT2D eigenvalue weighted by atomic mass is 10.3. The van der Waals surface area contributed by atoms with Gasteiger partial charge in [-0.3, -0.25) is 10.1 Å². The number of nitro groups is 1. The van der Waals surface area contributed by atoms with E-state index in [4.69, 9.17) is 5.73 Å². The smallest absolute Gasteiger partial charge is 0.292 e. The standard InChI is InChI=1S/C10H12FN3O4S/c11-8-2-1-3-9(14(15)16)10(8)19(17,18)13-5-4-7(12)6-13/h1-3,7H,4-6,12H2/t7-/m0/s1. The van der Waals surface area contributed by atoms with Crippen molar-refractivity contribution in [3.8, 4) is 0 Å². The number of hydrogen-bond acceptors (Lipinski definition) is 5. The Balaban J connectivity index is 2.55. The molecule has 1 aliphatic heterocycles. The zero-order chi connectivity index (χ0) is 14.2. The van der Waals surface area contributed by atoms with Crippen LogP contribution >= 0.6 is 0 Å². The van der Waals surface area contributed by atoms with Crippen LogP contribution in [0.1, 0.15) is 6.42 Å². The average Bonchev–Trinajstić information content (AvgIpc) is 2.75. The lowest BCUT2D eigenvalue weighted by Gasteiger charge is -2.16. The highest BCUT2D eigenvalue weighted by Crippen LogP contribution is 2.30. The van der Waals surface area contributed by atoms with Gasteiger partial charge in [-0.2, -0.15) is 4.31 Å². The summed E-state index contributed by atoms with van der Waals surface area (Å²) in [6.45, 7) is 0.169. The van der Waals surface area contributed by atoms with Crippen molar-refractivity contribution in [3.63, 3.8) is 0 Å². The molecule has 2 N–H and O–H groups in total. The highest BCUT2D eigenvalue weighted by atomic mass is 32.2. The van der Waals surface area contributed by atoms with E-state index in [1.165, 1.54) is 0 Å². The molecule has 1 fully saturated rings. The zero-order valence-electron chi connectivity index (χ0n) is 9.82. The number of nitrogens with two attached hydrogens (primary N) is 1. The molecule has 1 aromatic carbocycles. The first-order chi connectivity index (χ1) is 8.84. The molecule has 9 heteroatoms. The van der Waals surface area contributed by atoms with Gasteiger partial charge >= 0.3 is 0 Å². The number of benzene rings is 1. The number of sulfonamides is 1. The molecule has 0 aliphatic carbocycles. The van der Waals surface area contributed by atoms with Crippen LogP contribution in [-0.2, 0) is 10.0 Å². The van der Waals surface area contributed by atoms with Crippen LogP contribution in [0.4, 0.5) is 10.1 Å². The monoisotopic (exact) mass is 289 g/mol. The number of rotatable bonds is 3. The number of nitro benzene ring substituents is 1. The molecule has 7 nitrogen and oxygen atoms in total. The summed E-state index contributed by atoms with van der Waals surface area (Å²) >= 11 is 0. The van der Waals surface area contributed by atoms with Gasteiger partial charge in [0, 0.05) is 25.2 Å². The predicted octanol–water partition coefficient (Wildman–Crippen LogP) is 0.456. The van der Waals surface area contributed by atoms with Crippen molar-refractivity contribution in [1.29, 1.82) is 0 Å². The van der Waals surface area contributed by atoms with Crippen LogP contribution in [0.15, 0.2) is 23.1 Å². The summed E-state index contributed by atoms with van der Waals surface area (Å²) < 4.78 is 39.2. The molecule has 2 rings (SSSR count). The highest BCUT2D eigenvalue weighted by molar-refractivity contribution is 7.89. The molecule has 0 radical (unpaired) electrons. The van der Waals surface area contributed by atoms with Crippen molar-refractivity contribution in [3.05, 3.63) is 34.1 Å². The zero-order valence-corrected chi connectivity index (χ0v) is 10.6. The van der Waals surface area contributed by atoms with Crippen LogP contribution in [0.5, 0.6) is 0 Å². The summed E-state index contributed by atoms with van der Waals surface area (Å²) in [4.78, 5) is 9.03. The summed E-state index contributed by atoms with van der Waals surface area (Å²) in [6, 6.07) is 2.62. The number of hydrogen-bond donors (Lipinski definition) is 1. The van der Waals surface area contributed by atoms with Crippen LogP contribution in [-0.4, -0.2) is 36.8 Å². The van der Waals surface area contributed by atoms with Crippen LogP contribution in [0.3, 0.4) is 0 Å². The molecule has 1 saturated heterocycles. The summed E-state index contributed by atoms with van der Waals surface area (Å²) in [5, 5.41) is 10.8. The molecule has 0 unspecified atom stereocenters. The van der Waals surface area contributed by atoms with Gasteiger partial charge in [-0.15, -0.1) is 0 Å². The van der Waals surface area contributed by atoms with E-state index in [0.29, 0.717) is 6.42 Å². The Hall–Kier alpha value is -1.58. The minimum atomic E-state index is -4.24. The third-order valence-corrected chi connectivity index (χ3v) is 4.86. The van der Waals surface area contributed by atoms with E-state index in [1.54, 1.807) is 0 Å². The molecular weight excluding hydrogens is 277 g/mol. The molecule has 1 aliphatic rings. The maximum absolute atomic E-state index is 13.7. The summed E-state index contributed by atoms with van der Waals surface area (Å²) in [5.74, 6) is -1.13. The second kappa shape index (κ2) is 4.83. The summed E-state index contributed by atoms with van der Waals surface area (Å²) in [7, 11) is -4.24. The molecule has 0 aromatic heterocycles. The highest BCUT2D eigenvalue weighted by Gasteiger charge is 2.37. The maximum atomic E-state index is 13.7. The lowest BCUT2D eigenvalue weighted by Crippen LogP contribution is -2.32. The number of halogens is 1. The predicted molar refractivity (Wildman–Crippen MR) is 64.4 cm³/mol. The van der Waals surface area contributed by atoms with Gasteiger partial charge in [0.25, 0.3) is 15.7 Å². The van der Waals surface area contributed by atoms with Crippen molar-refractivity contribution >= 4 is 15.7 Å². The van der Waals surface area contributed by atoms with E-state index in [1.807, 2.05) is 0 Å². The number of nitrogens with zero attached hydrogens (tertiary/aromatic N) is 2. The molecule has 0 bridgehead atoms. The van der Waals surface area contributed by atoms with Gasteiger partial charge in [-0.25, -0.2) is 12.8 Å². The largest absolute Gasteiger partial charge is 0.326 e. The molecule has 0 amide bonds. The van der Waals surface area contributed by atoms with E-state index in [-0.39, 0.29) is 19.1 Å². The SMILES string of the molecule is N[C@H]1CCN(S(=O)(=O)c2c(F)cccc2[N+](=O)[O-])C1. The fourth-order valence-corrected chi connectivity index (χ4v) is 3.71. The van der Waals surface area contributed by atoms with Crippen molar-refractivity contribution in [1.82, 2.24) is 4.31 Å². The quantitative estimate of drug-likeness (QED) is 0.642. The summed E-state index contributed by atoms with van der Waals surface area (Å²) in [5.41, 5.74) is 4.84. The van der Waals surface area contributed by atoms with E-state index in [9.17, 15) is 22.9 Å². The van der Waals surface area contributed by atoms with Crippen LogP contribution < -0.4 is 5.73 Å². The Morgan fingerprint density at radius 3 is 2.68 bits per heavy atom. The van der Waals surface area contributed by atoms with Crippen molar-refractivity contribution in [2.75, 3.05) is 13.1 Å². The second-order valence-electron chi connectivity index (χ2n) is 4.26. The van der Waals surface area contributed by atoms with Gasteiger partial charge in [0.15, 0.2) is 4.90 Å². The van der Waals surface area contributed by atoms with Gasteiger partial charge in [0.2, 0.25) is 0 Å². The fraction of sp³-hybridized carbons (Fsp3) is 0.400. The Kier molecular flexibility index (Phi) is 3.52. The lowest BCUT2D eigenvalue weighted by molar-refractivity contribution is -0.388. The third-order valence-electron chi connectivity index (χ3n) is 2.93. The van der Waals surface area contributed by atoms with Crippen LogP contribution in [0, 0.1) is 15.9 Å². The molecule has 19 heavy (non-hydrogen) atoms. The van der Waals surface area contributed by atoms with Gasteiger partial charge in [0.05, 0.1) is 4.92 Å². The first-order valence-corrected chi connectivity index (χ1v) is 6.96. The van der Waals surface area contributed by atoms with E-state index >= 15 is 0 Å². The normalized spacial score (nSPS) is 20.6. The topological polar surface area (TPSA) is 107 Å². The molecule has 1 aromatic rings. The molecular formula is C10H12FN3O4S. The minimum absolute atomic E-state index is 0.0355. The van der Waals surface area contributed by atoms with Crippen molar-refractivity contribution in [2.24, 2.45) is 5.73 Å². The van der Waals surface area contributed by atoms with E-state index < -0.39 is 31.3 Å². The average molecular weight is 289 g/mol. The van der Waals surface area contributed by atoms with Gasteiger partial charge in [-0.05, 0) is 12.5 Å². The van der Waals surface area contributed by atoms with Gasteiger partial charge in [0.1, 0.15) is 5.82 Å². The Morgan fingerprint density at radius 2 is 2.16 bits per heavy atom. The van der Waals surface area contributed by atoms with Gasteiger partial charge < -0.3 is 5.73 Å². The van der Waals surface area contributed by atoms with Crippen LogP contribution in [0.25, 0.3) is 0 Å². The first-order valence-electron chi connectivity index (χ1n) is 5.52. The minimum Gasteiger partial charge on any atom is -0.326 e. The molecule has 1 heterocycles. The van der Waals surface area contributed by atoms with Crippen molar-refractivity contribution < 1.29 is 17.7 Å². The van der Waals surface area contributed by atoms with Crippen LogP contribution in [0.2, 0.25) is 0 Å². The first kappa shape index (κ1) is 13.8. The Bertz CT molecular complexity index is 619.